The summed E-state index contributed by atoms with van der Waals surface area (Å²) in [6.07, 6.45) is -0.173. The van der Waals surface area contributed by atoms with E-state index in [4.69, 9.17) is 21.0 Å². The normalized spacial score (nSPS) is 12.6. The number of ether oxygens (including phenoxy) is 1. The summed E-state index contributed by atoms with van der Waals surface area (Å²) in [4.78, 5) is 48.2. The molecular formula is C23H26FN3O7S. The minimum atomic E-state index is -1.56. The van der Waals surface area contributed by atoms with Gasteiger partial charge in [0.25, 0.3) is 0 Å². The number of hydrogen-bond donors (Lipinski definition) is 5. The molecule has 0 fully saturated rings. The number of amides is 1. The van der Waals surface area contributed by atoms with Crippen LogP contribution in [-0.4, -0.2) is 45.9 Å². The maximum Gasteiger partial charge on any atom is 0.353 e. The molecule has 1 aromatic heterocycles. The van der Waals surface area contributed by atoms with Crippen molar-refractivity contribution in [3.8, 4) is 5.75 Å². The number of aliphatic carboxylic acids is 2. The summed E-state index contributed by atoms with van der Waals surface area (Å²) in [6, 6.07) is 5.04. The Morgan fingerprint density at radius 2 is 1.86 bits per heavy atom. The molecule has 1 amide bonds. The molecule has 0 radical (unpaired) electrons. The van der Waals surface area contributed by atoms with Gasteiger partial charge < -0.3 is 26.0 Å². The predicted octanol–water partition coefficient (Wildman–Crippen LogP) is 2.64. The van der Waals surface area contributed by atoms with E-state index in [9.17, 15) is 28.7 Å². The standard InChI is InChI=1S/C23H26FN3O7S/c1-11(2)7-13(21(30)27-16(22(31)32)10-19(28)29)8-14-4-6-18(35-14)23(33)34-17-5-3-12(20(25)26)9-15(17)24/h3-6,9,11,13,16H,7-8,10H2,1-2H3,(H3,25,26)(H,27,30)(H,28,29)(H,31,32)/t13-,16?/m1/s1. The third-order valence-corrected chi connectivity index (χ3v) is 5.96. The lowest BCUT2D eigenvalue weighted by Gasteiger charge is -2.20. The van der Waals surface area contributed by atoms with E-state index in [2.05, 4.69) is 5.32 Å². The zero-order valence-electron chi connectivity index (χ0n) is 19.0. The van der Waals surface area contributed by atoms with Gasteiger partial charge in [-0.3, -0.25) is 15.0 Å². The van der Waals surface area contributed by atoms with E-state index in [-0.39, 0.29) is 34.4 Å². The highest BCUT2D eigenvalue weighted by Crippen LogP contribution is 2.26. The van der Waals surface area contributed by atoms with Crippen LogP contribution in [0.5, 0.6) is 5.75 Å². The molecule has 10 nitrogen and oxygen atoms in total. The summed E-state index contributed by atoms with van der Waals surface area (Å²) in [5, 5.41) is 27.7. The van der Waals surface area contributed by atoms with Crippen molar-refractivity contribution in [2.75, 3.05) is 0 Å². The second kappa shape index (κ2) is 12.1. The maximum absolute atomic E-state index is 14.2. The zero-order chi connectivity index (χ0) is 26.3. The molecule has 12 heteroatoms. The Bertz CT molecular complexity index is 1130. The van der Waals surface area contributed by atoms with Crippen LogP contribution in [0.2, 0.25) is 0 Å². The van der Waals surface area contributed by atoms with Crippen LogP contribution in [0.3, 0.4) is 0 Å². The Kier molecular flexibility index (Phi) is 9.46. The largest absolute Gasteiger partial charge is 0.481 e. The molecule has 1 unspecified atom stereocenters. The quantitative estimate of drug-likeness (QED) is 0.126. The number of thiophene rings is 1. The topological polar surface area (TPSA) is 180 Å². The number of carboxylic acids is 2. The SMILES string of the molecule is CC(C)C[C@H](Cc1ccc(C(=O)Oc2ccc(C(=N)N)cc2F)s1)C(=O)NC(CC(=O)O)C(=O)O. The number of halogens is 1. The molecule has 2 rings (SSSR count). The third kappa shape index (κ3) is 8.18. The Balaban J connectivity index is 2.12. The van der Waals surface area contributed by atoms with E-state index in [1.165, 1.54) is 18.2 Å². The first kappa shape index (κ1) is 27.4. The molecule has 1 heterocycles. The van der Waals surface area contributed by atoms with Crippen molar-refractivity contribution in [1.29, 1.82) is 5.41 Å². The number of hydrogen-bond acceptors (Lipinski definition) is 7. The first-order chi connectivity index (χ1) is 16.4. The van der Waals surface area contributed by atoms with E-state index in [1.807, 2.05) is 13.8 Å². The average molecular weight is 508 g/mol. The second-order valence-electron chi connectivity index (χ2n) is 8.24. The fourth-order valence-electron chi connectivity index (χ4n) is 3.26. The summed E-state index contributed by atoms with van der Waals surface area (Å²) in [6.45, 7) is 3.77. The van der Waals surface area contributed by atoms with Crippen LogP contribution in [0.15, 0.2) is 30.3 Å². The Morgan fingerprint density at radius 1 is 1.17 bits per heavy atom. The van der Waals surface area contributed by atoms with Crippen molar-refractivity contribution >= 4 is 41.0 Å². The first-order valence-corrected chi connectivity index (χ1v) is 11.4. The van der Waals surface area contributed by atoms with Crippen molar-refractivity contribution in [2.24, 2.45) is 17.6 Å². The Labute approximate surface area is 204 Å². The van der Waals surface area contributed by atoms with E-state index < -0.39 is 48.0 Å². The number of amidine groups is 1. The van der Waals surface area contributed by atoms with E-state index in [1.54, 1.807) is 6.07 Å². The van der Waals surface area contributed by atoms with Gasteiger partial charge in [0.2, 0.25) is 5.91 Å². The number of nitrogens with one attached hydrogen (secondary N) is 2. The van der Waals surface area contributed by atoms with Crippen molar-refractivity contribution < 1.29 is 38.5 Å². The van der Waals surface area contributed by atoms with E-state index in [0.29, 0.717) is 11.3 Å². The number of nitrogen functional groups attached to an aromatic ring is 1. The van der Waals surface area contributed by atoms with Crippen molar-refractivity contribution in [1.82, 2.24) is 5.32 Å². The molecule has 0 aliphatic carbocycles. The van der Waals surface area contributed by atoms with Gasteiger partial charge in [-0.25, -0.2) is 14.0 Å². The van der Waals surface area contributed by atoms with Gasteiger partial charge in [0.1, 0.15) is 16.8 Å². The molecule has 2 aromatic rings. The third-order valence-electron chi connectivity index (χ3n) is 4.88. The summed E-state index contributed by atoms with van der Waals surface area (Å²) < 4.78 is 19.3. The minimum absolute atomic E-state index is 0.0823. The van der Waals surface area contributed by atoms with Gasteiger partial charge in [-0.05, 0) is 49.1 Å². The van der Waals surface area contributed by atoms with Crippen LogP contribution in [0, 0.1) is 23.1 Å². The number of carbonyl (C=O) groups is 4. The predicted molar refractivity (Wildman–Crippen MR) is 125 cm³/mol. The molecule has 2 atom stereocenters. The number of nitrogens with two attached hydrogens (primary N) is 1. The first-order valence-electron chi connectivity index (χ1n) is 10.6. The average Bonchev–Trinajstić information content (AvgIpc) is 3.22. The molecule has 1 aromatic carbocycles. The number of carboxylic acid groups (broad SMARTS) is 2. The van der Waals surface area contributed by atoms with Gasteiger partial charge in [0.05, 0.1) is 6.42 Å². The fourth-order valence-corrected chi connectivity index (χ4v) is 4.22. The second-order valence-corrected chi connectivity index (χ2v) is 9.41. The monoisotopic (exact) mass is 507 g/mol. The molecule has 0 saturated heterocycles. The van der Waals surface area contributed by atoms with Gasteiger partial charge in [-0.2, -0.15) is 0 Å². The summed E-state index contributed by atoms with van der Waals surface area (Å²) in [5.41, 5.74) is 5.45. The van der Waals surface area contributed by atoms with Crippen molar-refractivity contribution in [3.63, 3.8) is 0 Å². The summed E-state index contributed by atoms with van der Waals surface area (Å²) in [5.74, 6) is -6.31. The Morgan fingerprint density at radius 3 is 2.40 bits per heavy atom. The van der Waals surface area contributed by atoms with Crippen molar-refractivity contribution in [3.05, 3.63) is 51.5 Å². The van der Waals surface area contributed by atoms with Crippen LogP contribution in [-0.2, 0) is 20.8 Å². The van der Waals surface area contributed by atoms with Crippen LogP contribution in [0.4, 0.5) is 4.39 Å². The number of carbonyl (C=O) groups excluding carboxylic acids is 2. The molecule has 0 saturated carbocycles. The molecule has 0 spiro atoms. The molecule has 0 aliphatic heterocycles. The maximum atomic E-state index is 14.2. The number of rotatable bonds is 12. The Hall–Kier alpha value is -3.80. The zero-order valence-corrected chi connectivity index (χ0v) is 19.9. The fraction of sp³-hybridized carbons (Fsp3) is 0.348. The summed E-state index contributed by atoms with van der Waals surface area (Å²) in [7, 11) is 0. The molecule has 6 N–H and O–H groups in total. The van der Waals surface area contributed by atoms with Gasteiger partial charge in [-0.15, -0.1) is 11.3 Å². The van der Waals surface area contributed by atoms with Crippen LogP contribution >= 0.6 is 11.3 Å². The number of esters is 1. The molecule has 188 valence electrons. The van der Waals surface area contributed by atoms with E-state index in [0.717, 1.165) is 17.4 Å². The van der Waals surface area contributed by atoms with Crippen LogP contribution < -0.4 is 15.8 Å². The summed E-state index contributed by atoms with van der Waals surface area (Å²) >= 11 is 1.04. The van der Waals surface area contributed by atoms with Gasteiger partial charge >= 0.3 is 17.9 Å². The van der Waals surface area contributed by atoms with Crippen molar-refractivity contribution in [2.45, 2.75) is 39.2 Å². The lowest BCUT2D eigenvalue weighted by atomic mass is 9.92. The highest BCUT2D eigenvalue weighted by atomic mass is 32.1. The van der Waals surface area contributed by atoms with Crippen LogP contribution in [0.25, 0.3) is 0 Å². The van der Waals surface area contributed by atoms with E-state index >= 15 is 0 Å². The highest BCUT2D eigenvalue weighted by molar-refractivity contribution is 7.13. The lowest BCUT2D eigenvalue weighted by Crippen LogP contribution is -2.45. The molecule has 0 aliphatic rings. The lowest BCUT2D eigenvalue weighted by molar-refractivity contribution is -0.147. The van der Waals surface area contributed by atoms with Crippen LogP contribution in [0.1, 0.15) is 46.8 Å². The van der Waals surface area contributed by atoms with Gasteiger partial charge in [0.15, 0.2) is 11.6 Å². The molecule has 0 bridgehead atoms. The van der Waals surface area contributed by atoms with Gasteiger partial charge in [-0.1, -0.05) is 13.8 Å². The number of benzene rings is 1. The smallest absolute Gasteiger partial charge is 0.353 e. The molecule has 35 heavy (non-hydrogen) atoms. The van der Waals surface area contributed by atoms with Gasteiger partial charge in [0, 0.05) is 16.4 Å². The molecular weight excluding hydrogens is 481 g/mol. The highest BCUT2D eigenvalue weighted by Gasteiger charge is 2.28. The minimum Gasteiger partial charge on any atom is -0.481 e.